The molecular formula is C14H16N2O5. The summed E-state index contributed by atoms with van der Waals surface area (Å²) in [6.07, 6.45) is 3.73. The van der Waals surface area contributed by atoms with Crippen molar-refractivity contribution in [2.45, 2.75) is 19.3 Å². The van der Waals surface area contributed by atoms with Gasteiger partial charge in [-0.1, -0.05) is 12.1 Å². The van der Waals surface area contributed by atoms with E-state index in [2.05, 4.69) is 5.32 Å². The Morgan fingerprint density at radius 1 is 1.29 bits per heavy atom. The van der Waals surface area contributed by atoms with E-state index in [4.69, 9.17) is 5.11 Å². The Labute approximate surface area is 121 Å². The maximum absolute atomic E-state index is 11.5. The SMILES string of the molecule is O=C(O)CCCCNC(=O)C=Cc1ccccc1[N+](=O)[O-]. The summed E-state index contributed by atoms with van der Waals surface area (Å²) in [5.41, 5.74) is 0.284. The molecule has 7 heteroatoms. The predicted octanol–water partition coefficient (Wildman–Crippen LogP) is 1.98. The standard InChI is InChI=1S/C14H16N2O5/c17-13(15-10-4-3-7-14(18)19)9-8-11-5-1-2-6-12(11)16(20)21/h1-2,5-6,8-9H,3-4,7,10H2,(H,15,17)(H,18,19). The lowest BCUT2D eigenvalue weighted by Gasteiger charge is -2.01. The van der Waals surface area contributed by atoms with Crippen LogP contribution in [-0.2, 0) is 9.59 Å². The summed E-state index contributed by atoms with van der Waals surface area (Å²) in [5.74, 6) is -1.24. The average Bonchev–Trinajstić information content (AvgIpc) is 2.44. The van der Waals surface area contributed by atoms with Crippen molar-refractivity contribution in [3.05, 3.63) is 46.0 Å². The van der Waals surface area contributed by atoms with E-state index in [0.29, 0.717) is 24.9 Å². The number of hydrogen-bond donors (Lipinski definition) is 2. The zero-order valence-corrected chi connectivity index (χ0v) is 11.3. The molecule has 0 bridgehead atoms. The van der Waals surface area contributed by atoms with Gasteiger partial charge >= 0.3 is 5.97 Å². The number of aliphatic carboxylic acids is 1. The number of benzene rings is 1. The molecule has 0 aromatic heterocycles. The number of unbranched alkanes of at least 4 members (excludes halogenated alkanes) is 1. The fourth-order valence-corrected chi connectivity index (χ4v) is 1.63. The highest BCUT2D eigenvalue weighted by Crippen LogP contribution is 2.18. The molecule has 0 saturated heterocycles. The molecule has 0 radical (unpaired) electrons. The Morgan fingerprint density at radius 3 is 2.67 bits per heavy atom. The lowest BCUT2D eigenvalue weighted by Crippen LogP contribution is -2.22. The molecule has 0 saturated carbocycles. The molecule has 0 aliphatic carbocycles. The summed E-state index contributed by atoms with van der Waals surface area (Å²) in [5, 5.41) is 21.8. The second-order valence-electron chi connectivity index (χ2n) is 4.29. The van der Waals surface area contributed by atoms with Crippen LogP contribution >= 0.6 is 0 Å². The van der Waals surface area contributed by atoms with Crippen molar-refractivity contribution in [2.24, 2.45) is 0 Å². The Morgan fingerprint density at radius 2 is 2.00 bits per heavy atom. The van der Waals surface area contributed by atoms with Gasteiger partial charge in [-0.05, 0) is 25.0 Å². The predicted molar refractivity (Wildman–Crippen MR) is 76.6 cm³/mol. The number of carbonyl (C=O) groups is 2. The van der Waals surface area contributed by atoms with Gasteiger partial charge in [0.1, 0.15) is 0 Å². The van der Waals surface area contributed by atoms with Crippen molar-refractivity contribution < 1.29 is 19.6 Å². The van der Waals surface area contributed by atoms with Gasteiger partial charge in [-0.2, -0.15) is 0 Å². The molecule has 0 atom stereocenters. The minimum absolute atomic E-state index is 0.0667. The minimum atomic E-state index is -0.863. The highest BCUT2D eigenvalue weighted by Gasteiger charge is 2.09. The monoisotopic (exact) mass is 292 g/mol. The first kappa shape index (κ1) is 16.4. The molecule has 7 nitrogen and oxygen atoms in total. The summed E-state index contributed by atoms with van der Waals surface area (Å²) in [7, 11) is 0. The highest BCUT2D eigenvalue weighted by atomic mass is 16.6. The normalized spacial score (nSPS) is 10.5. The number of hydrogen-bond acceptors (Lipinski definition) is 4. The van der Waals surface area contributed by atoms with Gasteiger partial charge in [0.25, 0.3) is 5.69 Å². The van der Waals surface area contributed by atoms with Crippen molar-refractivity contribution in [2.75, 3.05) is 6.54 Å². The third-order valence-electron chi connectivity index (χ3n) is 2.66. The summed E-state index contributed by atoms with van der Waals surface area (Å²) < 4.78 is 0. The van der Waals surface area contributed by atoms with E-state index in [1.165, 1.54) is 18.2 Å². The maximum Gasteiger partial charge on any atom is 0.303 e. The molecule has 21 heavy (non-hydrogen) atoms. The number of carboxylic acid groups (broad SMARTS) is 1. The molecule has 0 aliphatic rings. The van der Waals surface area contributed by atoms with Gasteiger partial charge in [0.15, 0.2) is 0 Å². The van der Waals surface area contributed by atoms with Crippen molar-refractivity contribution >= 4 is 23.6 Å². The summed E-state index contributed by atoms with van der Waals surface area (Å²) in [4.78, 5) is 32.1. The van der Waals surface area contributed by atoms with Crippen LogP contribution in [0.4, 0.5) is 5.69 Å². The van der Waals surface area contributed by atoms with E-state index in [0.717, 1.165) is 0 Å². The number of nitro benzene ring substituents is 1. The maximum atomic E-state index is 11.5. The first-order chi connectivity index (χ1) is 10.0. The van der Waals surface area contributed by atoms with Crippen LogP contribution in [-0.4, -0.2) is 28.5 Å². The second-order valence-corrected chi connectivity index (χ2v) is 4.29. The number of para-hydroxylation sites is 1. The van der Waals surface area contributed by atoms with E-state index in [1.807, 2.05) is 0 Å². The molecule has 1 aromatic carbocycles. The molecule has 2 N–H and O–H groups in total. The number of carbonyl (C=O) groups excluding carboxylic acids is 1. The third kappa shape index (κ3) is 6.33. The number of nitrogens with one attached hydrogen (secondary N) is 1. The highest BCUT2D eigenvalue weighted by molar-refractivity contribution is 5.92. The molecule has 0 aliphatic heterocycles. The minimum Gasteiger partial charge on any atom is -0.481 e. The molecule has 0 spiro atoms. The van der Waals surface area contributed by atoms with E-state index < -0.39 is 10.9 Å². The summed E-state index contributed by atoms with van der Waals surface area (Å²) >= 11 is 0. The summed E-state index contributed by atoms with van der Waals surface area (Å²) in [6, 6.07) is 6.12. The number of nitrogens with zero attached hydrogens (tertiary/aromatic N) is 1. The molecule has 0 fully saturated rings. The van der Waals surface area contributed by atoms with Gasteiger partial charge in [-0.25, -0.2) is 0 Å². The number of amides is 1. The van der Waals surface area contributed by atoms with E-state index in [9.17, 15) is 19.7 Å². The van der Waals surface area contributed by atoms with Crippen LogP contribution in [0.1, 0.15) is 24.8 Å². The number of nitro groups is 1. The first-order valence-electron chi connectivity index (χ1n) is 6.42. The van der Waals surface area contributed by atoms with Crippen molar-refractivity contribution in [3.63, 3.8) is 0 Å². The molecule has 0 heterocycles. The van der Waals surface area contributed by atoms with Crippen LogP contribution in [0, 0.1) is 10.1 Å². The van der Waals surface area contributed by atoms with E-state index in [1.54, 1.807) is 18.2 Å². The van der Waals surface area contributed by atoms with Crippen LogP contribution in [0.25, 0.3) is 6.08 Å². The van der Waals surface area contributed by atoms with Gasteiger partial charge in [0.05, 0.1) is 10.5 Å². The van der Waals surface area contributed by atoms with E-state index in [-0.39, 0.29) is 18.0 Å². The van der Waals surface area contributed by atoms with Crippen molar-refractivity contribution in [1.29, 1.82) is 0 Å². The van der Waals surface area contributed by atoms with Gasteiger partial charge < -0.3 is 10.4 Å². The lowest BCUT2D eigenvalue weighted by molar-refractivity contribution is -0.385. The zero-order chi connectivity index (χ0) is 15.7. The molecule has 1 rings (SSSR count). The molecule has 1 amide bonds. The Kier molecular flexibility index (Phi) is 6.59. The van der Waals surface area contributed by atoms with Crippen LogP contribution in [0.2, 0.25) is 0 Å². The Balaban J connectivity index is 2.44. The average molecular weight is 292 g/mol. The quantitative estimate of drug-likeness (QED) is 0.329. The fraction of sp³-hybridized carbons (Fsp3) is 0.286. The molecular weight excluding hydrogens is 276 g/mol. The van der Waals surface area contributed by atoms with Gasteiger partial charge in [-0.3, -0.25) is 19.7 Å². The lowest BCUT2D eigenvalue weighted by atomic mass is 10.1. The van der Waals surface area contributed by atoms with Crippen LogP contribution < -0.4 is 5.32 Å². The largest absolute Gasteiger partial charge is 0.481 e. The number of rotatable bonds is 8. The summed E-state index contributed by atoms with van der Waals surface area (Å²) in [6.45, 7) is 0.368. The number of carboxylic acids is 1. The van der Waals surface area contributed by atoms with Crippen LogP contribution in [0.5, 0.6) is 0 Å². The first-order valence-corrected chi connectivity index (χ1v) is 6.42. The Bertz CT molecular complexity index is 554. The topological polar surface area (TPSA) is 110 Å². The molecule has 1 aromatic rings. The van der Waals surface area contributed by atoms with Crippen LogP contribution in [0.3, 0.4) is 0 Å². The molecule has 0 unspecified atom stereocenters. The third-order valence-corrected chi connectivity index (χ3v) is 2.66. The fourth-order valence-electron chi connectivity index (χ4n) is 1.63. The second kappa shape index (κ2) is 8.47. The Hall–Kier alpha value is -2.70. The van der Waals surface area contributed by atoms with Gasteiger partial charge in [0.2, 0.25) is 5.91 Å². The van der Waals surface area contributed by atoms with Gasteiger partial charge in [0, 0.05) is 25.1 Å². The zero-order valence-electron chi connectivity index (χ0n) is 11.3. The smallest absolute Gasteiger partial charge is 0.303 e. The van der Waals surface area contributed by atoms with E-state index >= 15 is 0 Å². The molecule has 112 valence electrons. The van der Waals surface area contributed by atoms with Crippen LogP contribution in [0.15, 0.2) is 30.3 Å². The van der Waals surface area contributed by atoms with Gasteiger partial charge in [-0.15, -0.1) is 0 Å². The van der Waals surface area contributed by atoms with Crippen molar-refractivity contribution in [3.8, 4) is 0 Å². The van der Waals surface area contributed by atoms with Crippen molar-refractivity contribution in [1.82, 2.24) is 5.32 Å².